The highest BCUT2D eigenvalue weighted by molar-refractivity contribution is 7.99. The highest BCUT2D eigenvalue weighted by atomic mass is 32.2. The molecule has 0 saturated carbocycles. The Morgan fingerprint density at radius 1 is 1.43 bits per heavy atom. The molecule has 1 heterocycles. The predicted octanol–water partition coefficient (Wildman–Crippen LogP) is 2.14. The number of thioether (sulfide) groups is 1. The second kappa shape index (κ2) is 5.98. The molecule has 0 radical (unpaired) electrons. The van der Waals surface area contributed by atoms with Crippen LogP contribution in [-0.2, 0) is 6.54 Å². The fourth-order valence-corrected chi connectivity index (χ4v) is 2.09. The number of aromatic nitrogens is 2. The molecule has 78 valence electrons. The molecule has 0 spiro atoms. The quantitative estimate of drug-likeness (QED) is 0.460. The number of unbranched alkanes of at least 4 members (excludes halogenated alkanes) is 1. The van der Waals surface area contributed by atoms with Gasteiger partial charge in [-0.3, -0.25) is 0 Å². The first-order valence-electron chi connectivity index (χ1n) is 4.93. The molecule has 2 N–H and O–H groups in total. The molecule has 0 atom stereocenters. The summed E-state index contributed by atoms with van der Waals surface area (Å²) in [5.41, 5.74) is 7.47. The number of hydrogen-bond acceptors (Lipinski definition) is 4. The summed E-state index contributed by atoms with van der Waals surface area (Å²) in [4.78, 5) is 8.70. The summed E-state index contributed by atoms with van der Waals surface area (Å²) >= 11 is 1.71. The lowest BCUT2D eigenvalue weighted by atomic mass is 10.3. The lowest BCUT2D eigenvalue weighted by Gasteiger charge is -2.03. The van der Waals surface area contributed by atoms with Crippen LogP contribution in [0.3, 0.4) is 0 Å². The van der Waals surface area contributed by atoms with Gasteiger partial charge in [0.1, 0.15) is 0 Å². The maximum Gasteiger partial charge on any atom is 0.188 e. The average molecular weight is 211 g/mol. The molecule has 0 bridgehead atoms. The molecular weight excluding hydrogens is 194 g/mol. The largest absolute Gasteiger partial charge is 0.325 e. The number of rotatable bonds is 5. The van der Waals surface area contributed by atoms with Gasteiger partial charge in [-0.2, -0.15) is 0 Å². The first-order valence-corrected chi connectivity index (χ1v) is 5.92. The van der Waals surface area contributed by atoms with Gasteiger partial charge in [0.2, 0.25) is 0 Å². The summed E-state index contributed by atoms with van der Waals surface area (Å²) in [7, 11) is 0. The van der Waals surface area contributed by atoms with Crippen LogP contribution in [0.1, 0.15) is 31.2 Å². The van der Waals surface area contributed by atoms with E-state index in [1.54, 1.807) is 11.8 Å². The minimum atomic E-state index is 0.491. The lowest BCUT2D eigenvalue weighted by Crippen LogP contribution is -2.03. The molecule has 0 aliphatic carbocycles. The molecule has 1 rings (SSSR count). The van der Waals surface area contributed by atoms with Crippen molar-refractivity contribution in [2.24, 2.45) is 5.73 Å². The van der Waals surface area contributed by atoms with Crippen molar-refractivity contribution in [3.05, 3.63) is 17.5 Å². The van der Waals surface area contributed by atoms with Gasteiger partial charge in [-0.1, -0.05) is 25.1 Å². The average Bonchev–Trinajstić information content (AvgIpc) is 2.17. The van der Waals surface area contributed by atoms with E-state index in [2.05, 4.69) is 16.9 Å². The zero-order chi connectivity index (χ0) is 10.4. The third-order valence-corrected chi connectivity index (χ3v) is 2.76. The van der Waals surface area contributed by atoms with Gasteiger partial charge in [-0.25, -0.2) is 9.97 Å². The molecule has 0 aromatic carbocycles. The van der Waals surface area contributed by atoms with E-state index >= 15 is 0 Å². The van der Waals surface area contributed by atoms with Crippen LogP contribution in [0.4, 0.5) is 0 Å². The molecule has 0 fully saturated rings. The lowest BCUT2D eigenvalue weighted by molar-refractivity contribution is 0.846. The Hall–Kier alpha value is -0.610. The summed E-state index contributed by atoms with van der Waals surface area (Å²) < 4.78 is 0. The molecule has 0 aliphatic rings. The molecular formula is C10H17N3S. The van der Waals surface area contributed by atoms with Crippen molar-refractivity contribution >= 4 is 11.8 Å². The number of nitrogens with two attached hydrogens (primary N) is 1. The third kappa shape index (κ3) is 3.64. The van der Waals surface area contributed by atoms with Crippen LogP contribution in [0.2, 0.25) is 0 Å². The Kier molecular flexibility index (Phi) is 4.90. The van der Waals surface area contributed by atoms with Gasteiger partial charge in [0.05, 0.1) is 5.69 Å². The van der Waals surface area contributed by atoms with Crippen molar-refractivity contribution in [1.82, 2.24) is 9.97 Å². The van der Waals surface area contributed by atoms with E-state index in [9.17, 15) is 0 Å². The van der Waals surface area contributed by atoms with E-state index in [4.69, 9.17) is 5.73 Å². The van der Waals surface area contributed by atoms with Gasteiger partial charge in [0.15, 0.2) is 5.16 Å². The van der Waals surface area contributed by atoms with Gasteiger partial charge < -0.3 is 5.73 Å². The van der Waals surface area contributed by atoms with Crippen LogP contribution in [-0.4, -0.2) is 15.7 Å². The van der Waals surface area contributed by atoms with E-state index in [1.165, 1.54) is 12.8 Å². The minimum Gasteiger partial charge on any atom is -0.325 e. The normalized spacial score (nSPS) is 10.5. The smallest absolute Gasteiger partial charge is 0.188 e. The Morgan fingerprint density at radius 2 is 2.21 bits per heavy atom. The fourth-order valence-electron chi connectivity index (χ4n) is 1.08. The summed E-state index contributed by atoms with van der Waals surface area (Å²) in [5.74, 6) is 1.09. The SMILES string of the molecule is CCCCSc1nc(C)cc(CN)n1. The third-order valence-electron chi connectivity index (χ3n) is 1.82. The maximum atomic E-state index is 5.54. The van der Waals surface area contributed by atoms with Crippen LogP contribution in [0, 0.1) is 6.92 Å². The Labute approximate surface area is 89.5 Å². The molecule has 3 nitrogen and oxygen atoms in total. The van der Waals surface area contributed by atoms with E-state index in [-0.39, 0.29) is 0 Å². The minimum absolute atomic E-state index is 0.491. The van der Waals surface area contributed by atoms with Gasteiger partial charge in [-0.05, 0) is 19.4 Å². The Morgan fingerprint density at radius 3 is 2.86 bits per heavy atom. The highest BCUT2D eigenvalue weighted by Crippen LogP contribution is 2.15. The summed E-state index contributed by atoms with van der Waals surface area (Å²) in [6, 6.07) is 1.93. The zero-order valence-corrected chi connectivity index (χ0v) is 9.60. The topological polar surface area (TPSA) is 51.8 Å². The standard InChI is InChI=1S/C10H17N3S/c1-3-4-5-14-10-12-8(2)6-9(7-11)13-10/h6H,3-5,7,11H2,1-2H3. The zero-order valence-electron chi connectivity index (χ0n) is 8.79. The number of nitrogens with zero attached hydrogens (tertiary/aromatic N) is 2. The Bertz CT molecular complexity index is 289. The van der Waals surface area contributed by atoms with Crippen LogP contribution < -0.4 is 5.73 Å². The molecule has 0 unspecified atom stereocenters. The van der Waals surface area contributed by atoms with Crippen molar-refractivity contribution in [3.8, 4) is 0 Å². The first-order chi connectivity index (χ1) is 6.76. The second-order valence-corrected chi connectivity index (χ2v) is 4.25. The van der Waals surface area contributed by atoms with E-state index in [0.29, 0.717) is 6.54 Å². The van der Waals surface area contributed by atoms with Crippen molar-refractivity contribution in [2.75, 3.05) is 5.75 Å². The second-order valence-electron chi connectivity index (χ2n) is 3.19. The number of hydrogen-bond donors (Lipinski definition) is 1. The fraction of sp³-hybridized carbons (Fsp3) is 0.600. The van der Waals surface area contributed by atoms with Gasteiger partial charge in [0.25, 0.3) is 0 Å². The van der Waals surface area contributed by atoms with Crippen LogP contribution in [0.5, 0.6) is 0 Å². The molecule has 0 aliphatic heterocycles. The monoisotopic (exact) mass is 211 g/mol. The molecule has 14 heavy (non-hydrogen) atoms. The van der Waals surface area contributed by atoms with Gasteiger partial charge >= 0.3 is 0 Å². The van der Waals surface area contributed by atoms with E-state index < -0.39 is 0 Å². The van der Waals surface area contributed by atoms with Crippen molar-refractivity contribution in [2.45, 2.75) is 38.4 Å². The van der Waals surface area contributed by atoms with Crippen molar-refractivity contribution < 1.29 is 0 Å². The van der Waals surface area contributed by atoms with Gasteiger partial charge in [0, 0.05) is 18.0 Å². The van der Waals surface area contributed by atoms with Crippen molar-refractivity contribution in [3.63, 3.8) is 0 Å². The van der Waals surface area contributed by atoms with Crippen LogP contribution in [0.25, 0.3) is 0 Å². The summed E-state index contributed by atoms with van der Waals surface area (Å²) in [6.45, 7) is 4.65. The number of aryl methyl sites for hydroxylation is 1. The van der Waals surface area contributed by atoms with Gasteiger partial charge in [-0.15, -0.1) is 0 Å². The van der Waals surface area contributed by atoms with Crippen LogP contribution >= 0.6 is 11.8 Å². The molecule has 0 saturated heterocycles. The summed E-state index contributed by atoms with van der Waals surface area (Å²) in [5, 5.41) is 0.860. The summed E-state index contributed by atoms with van der Waals surface area (Å²) in [6.07, 6.45) is 2.42. The molecule has 1 aromatic rings. The maximum absolute atomic E-state index is 5.54. The molecule has 1 aromatic heterocycles. The predicted molar refractivity (Wildman–Crippen MR) is 60.3 cm³/mol. The Balaban J connectivity index is 2.62. The highest BCUT2D eigenvalue weighted by Gasteiger charge is 2.01. The molecule has 0 amide bonds. The molecule has 4 heteroatoms. The first kappa shape index (κ1) is 11.5. The van der Waals surface area contributed by atoms with Crippen molar-refractivity contribution in [1.29, 1.82) is 0 Å². The van der Waals surface area contributed by atoms with E-state index in [1.807, 2.05) is 13.0 Å². The van der Waals surface area contributed by atoms with Crippen LogP contribution in [0.15, 0.2) is 11.2 Å². The van der Waals surface area contributed by atoms with E-state index in [0.717, 1.165) is 22.3 Å².